The van der Waals surface area contributed by atoms with E-state index >= 15 is 0 Å². The lowest BCUT2D eigenvalue weighted by atomic mass is 9.97. The van der Waals surface area contributed by atoms with E-state index in [1.165, 1.54) is 28.6 Å². The maximum Gasteiger partial charge on any atom is 0.345 e. The Morgan fingerprint density at radius 2 is 2.04 bits per heavy atom. The molecule has 1 aliphatic heterocycles. The van der Waals surface area contributed by atoms with Crippen molar-refractivity contribution < 1.29 is 9.18 Å². The highest BCUT2D eigenvalue weighted by atomic mass is 32.2. The first kappa shape index (κ1) is 19.7. The monoisotopic (exact) mass is 392 g/mol. The van der Waals surface area contributed by atoms with Crippen LogP contribution in [0, 0.1) is 5.82 Å². The van der Waals surface area contributed by atoms with Gasteiger partial charge < -0.3 is 4.90 Å². The lowest BCUT2D eigenvalue weighted by molar-refractivity contribution is -0.129. The molecule has 2 heterocycles. The molecule has 0 N–H and O–H groups in total. The summed E-state index contributed by atoms with van der Waals surface area (Å²) in [6.07, 6.45) is 1.80. The van der Waals surface area contributed by atoms with Gasteiger partial charge in [0.25, 0.3) is 0 Å². The first-order chi connectivity index (χ1) is 12.9. The van der Waals surface area contributed by atoms with Crippen LogP contribution in [0.3, 0.4) is 0 Å². The van der Waals surface area contributed by atoms with E-state index < -0.39 is 0 Å². The molecule has 27 heavy (non-hydrogen) atoms. The molecule has 1 saturated heterocycles. The van der Waals surface area contributed by atoms with Crippen molar-refractivity contribution in [1.29, 1.82) is 0 Å². The predicted octanol–water partition coefficient (Wildman–Crippen LogP) is 2.80. The molecule has 8 heteroatoms. The minimum Gasteiger partial charge on any atom is -0.341 e. The number of halogens is 1. The molecule has 1 atom stereocenters. The van der Waals surface area contributed by atoms with Crippen LogP contribution in [0.15, 0.2) is 34.0 Å². The van der Waals surface area contributed by atoms with Gasteiger partial charge >= 0.3 is 5.69 Å². The van der Waals surface area contributed by atoms with Crippen LogP contribution in [0.2, 0.25) is 0 Å². The number of thioether (sulfide) groups is 1. The molecule has 3 rings (SSSR count). The van der Waals surface area contributed by atoms with Crippen molar-refractivity contribution in [3.63, 3.8) is 0 Å². The van der Waals surface area contributed by atoms with Crippen molar-refractivity contribution in [2.75, 3.05) is 18.8 Å². The van der Waals surface area contributed by atoms with Gasteiger partial charge in [-0.05, 0) is 51.0 Å². The standard InChI is InChI=1S/C19H25FN4O2S/c1-13(2)24-18(21-22(3)19(24)26)14-5-4-10-23(11-14)17(25)12-27-16-8-6-15(20)7-9-16/h6-9,13-14H,4-5,10-12H2,1-3H3. The summed E-state index contributed by atoms with van der Waals surface area (Å²) in [6.45, 7) is 5.24. The largest absolute Gasteiger partial charge is 0.345 e. The Hall–Kier alpha value is -2.09. The summed E-state index contributed by atoms with van der Waals surface area (Å²) in [6, 6.07) is 6.19. The summed E-state index contributed by atoms with van der Waals surface area (Å²) < 4.78 is 16.1. The Balaban J connectivity index is 1.67. The van der Waals surface area contributed by atoms with Gasteiger partial charge in [0.15, 0.2) is 0 Å². The van der Waals surface area contributed by atoms with Crippen molar-refractivity contribution in [2.24, 2.45) is 7.05 Å². The number of aromatic nitrogens is 3. The van der Waals surface area contributed by atoms with Crippen LogP contribution in [0.4, 0.5) is 4.39 Å². The maximum atomic E-state index is 13.0. The fourth-order valence-electron chi connectivity index (χ4n) is 3.44. The van der Waals surface area contributed by atoms with Crippen molar-refractivity contribution in [1.82, 2.24) is 19.2 Å². The molecule has 0 bridgehead atoms. The van der Waals surface area contributed by atoms with Gasteiger partial charge in [0.05, 0.1) is 5.75 Å². The minimum absolute atomic E-state index is 0.0290. The summed E-state index contributed by atoms with van der Waals surface area (Å²) >= 11 is 1.41. The molecule has 1 aromatic heterocycles. The first-order valence-corrected chi connectivity index (χ1v) is 10.2. The fraction of sp³-hybridized carbons (Fsp3) is 0.526. The lowest BCUT2D eigenvalue weighted by Crippen LogP contribution is -2.41. The van der Waals surface area contributed by atoms with Crippen LogP contribution < -0.4 is 5.69 Å². The number of hydrogen-bond donors (Lipinski definition) is 0. The number of carbonyl (C=O) groups is 1. The molecular formula is C19H25FN4O2S. The van der Waals surface area contributed by atoms with Gasteiger partial charge in [-0.3, -0.25) is 9.36 Å². The molecule has 0 saturated carbocycles. The number of aryl methyl sites for hydroxylation is 1. The van der Waals surface area contributed by atoms with E-state index in [4.69, 9.17) is 0 Å². The Kier molecular flexibility index (Phi) is 6.04. The van der Waals surface area contributed by atoms with Crippen LogP contribution in [0.25, 0.3) is 0 Å². The smallest absolute Gasteiger partial charge is 0.341 e. The topological polar surface area (TPSA) is 60.1 Å². The molecule has 1 aliphatic rings. The van der Waals surface area contributed by atoms with Gasteiger partial charge in [-0.25, -0.2) is 13.9 Å². The van der Waals surface area contributed by atoms with Gasteiger partial charge in [-0.1, -0.05) is 0 Å². The van der Waals surface area contributed by atoms with E-state index in [1.54, 1.807) is 23.7 Å². The second-order valence-electron chi connectivity index (χ2n) is 7.15. The summed E-state index contributed by atoms with van der Waals surface area (Å²) in [4.78, 5) is 27.7. The van der Waals surface area contributed by atoms with Gasteiger partial charge in [0.1, 0.15) is 11.6 Å². The maximum absolute atomic E-state index is 13.0. The normalized spacial score (nSPS) is 17.5. The van der Waals surface area contributed by atoms with E-state index in [1.807, 2.05) is 18.7 Å². The average Bonchev–Trinajstić information content (AvgIpc) is 2.96. The van der Waals surface area contributed by atoms with Crippen LogP contribution in [0.1, 0.15) is 44.5 Å². The number of hydrogen-bond acceptors (Lipinski definition) is 4. The van der Waals surface area contributed by atoms with E-state index in [-0.39, 0.29) is 29.4 Å². The molecule has 1 unspecified atom stereocenters. The quantitative estimate of drug-likeness (QED) is 0.734. The fourth-order valence-corrected chi connectivity index (χ4v) is 4.25. The van der Waals surface area contributed by atoms with Gasteiger partial charge in [-0.2, -0.15) is 5.10 Å². The SMILES string of the molecule is CC(C)n1c(C2CCCN(C(=O)CSc3ccc(F)cc3)C2)nn(C)c1=O. The third-order valence-electron chi connectivity index (χ3n) is 4.81. The molecule has 1 aromatic carbocycles. The van der Waals surface area contributed by atoms with E-state index in [9.17, 15) is 14.0 Å². The number of likely N-dealkylation sites (tertiary alicyclic amines) is 1. The van der Waals surface area contributed by atoms with Crippen molar-refractivity contribution in [3.8, 4) is 0 Å². The molecule has 2 aromatic rings. The minimum atomic E-state index is -0.281. The first-order valence-electron chi connectivity index (χ1n) is 9.18. The second kappa shape index (κ2) is 8.29. The van der Waals surface area contributed by atoms with E-state index in [2.05, 4.69) is 5.10 Å². The average molecular weight is 393 g/mol. The van der Waals surface area contributed by atoms with Gasteiger partial charge in [0.2, 0.25) is 5.91 Å². The van der Waals surface area contributed by atoms with Crippen LogP contribution in [-0.2, 0) is 11.8 Å². The highest BCUT2D eigenvalue weighted by Gasteiger charge is 2.29. The lowest BCUT2D eigenvalue weighted by Gasteiger charge is -2.32. The predicted molar refractivity (Wildman–Crippen MR) is 104 cm³/mol. The number of rotatable bonds is 5. The third-order valence-corrected chi connectivity index (χ3v) is 5.81. The molecule has 1 amide bonds. The summed E-state index contributed by atoms with van der Waals surface area (Å²) in [5.41, 5.74) is -0.115. The third kappa shape index (κ3) is 4.43. The molecular weight excluding hydrogens is 367 g/mol. The van der Waals surface area contributed by atoms with Crippen LogP contribution in [0.5, 0.6) is 0 Å². The van der Waals surface area contributed by atoms with E-state index in [0.29, 0.717) is 12.3 Å². The summed E-state index contributed by atoms with van der Waals surface area (Å²) in [5.74, 6) is 0.924. The molecule has 1 fully saturated rings. The van der Waals surface area contributed by atoms with Gasteiger partial charge in [0, 0.05) is 37.0 Å². The Labute approximate surface area is 162 Å². The Morgan fingerprint density at radius 1 is 1.33 bits per heavy atom. The summed E-state index contributed by atoms with van der Waals surface area (Å²) in [5, 5.41) is 4.44. The van der Waals surface area contributed by atoms with Gasteiger partial charge in [-0.15, -0.1) is 11.8 Å². The van der Waals surface area contributed by atoms with Crippen molar-refractivity contribution >= 4 is 17.7 Å². The van der Waals surface area contributed by atoms with Crippen molar-refractivity contribution in [2.45, 2.75) is 43.5 Å². The number of piperidine rings is 1. The molecule has 0 aliphatic carbocycles. The van der Waals surface area contributed by atoms with Crippen LogP contribution >= 0.6 is 11.8 Å². The Bertz CT molecular complexity index is 860. The number of carbonyl (C=O) groups excluding carboxylic acids is 1. The zero-order valence-corrected chi connectivity index (χ0v) is 16.7. The Morgan fingerprint density at radius 3 is 2.70 bits per heavy atom. The molecule has 6 nitrogen and oxygen atoms in total. The number of benzene rings is 1. The zero-order chi connectivity index (χ0) is 19.6. The molecule has 146 valence electrons. The number of nitrogens with zero attached hydrogens (tertiary/aromatic N) is 4. The molecule has 0 radical (unpaired) electrons. The molecule has 0 spiro atoms. The zero-order valence-electron chi connectivity index (χ0n) is 15.9. The van der Waals surface area contributed by atoms with Crippen LogP contribution in [-0.4, -0.2) is 44.0 Å². The van der Waals surface area contributed by atoms with Crippen molar-refractivity contribution in [3.05, 3.63) is 46.4 Å². The number of amides is 1. The van der Waals surface area contributed by atoms with E-state index in [0.717, 1.165) is 30.1 Å². The highest BCUT2D eigenvalue weighted by molar-refractivity contribution is 8.00. The highest BCUT2D eigenvalue weighted by Crippen LogP contribution is 2.27. The summed E-state index contributed by atoms with van der Waals surface area (Å²) in [7, 11) is 1.66. The second-order valence-corrected chi connectivity index (χ2v) is 8.20.